The molecule has 102 valence electrons. The molecule has 0 bridgehead atoms. The highest BCUT2D eigenvalue weighted by Gasteiger charge is 2.44. The highest BCUT2D eigenvalue weighted by atomic mass is 32.3. The van der Waals surface area contributed by atoms with Crippen molar-refractivity contribution in [3.8, 4) is 0 Å². The molecule has 0 aromatic heterocycles. The van der Waals surface area contributed by atoms with E-state index in [-0.39, 0.29) is 11.5 Å². The van der Waals surface area contributed by atoms with E-state index in [4.69, 9.17) is 8.37 Å². The van der Waals surface area contributed by atoms with Gasteiger partial charge in [0.15, 0.2) is 12.2 Å². The maximum Gasteiger partial charge on any atom is 0.400 e. The van der Waals surface area contributed by atoms with E-state index in [9.17, 15) is 17.5 Å². The van der Waals surface area contributed by atoms with Crippen LogP contribution in [0.1, 0.15) is 13.8 Å². The van der Waals surface area contributed by atoms with E-state index >= 15 is 0 Å². The molecule has 0 radical (unpaired) electrons. The Morgan fingerprint density at radius 3 is 1.65 bits per heavy atom. The van der Waals surface area contributed by atoms with E-state index in [1.165, 1.54) is 0 Å². The monoisotopic (exact) mass is 304 g/mol. The minimum absolute atomic E-state index is 0.0846. The zero-order valence-electron chi connectivity index (χ0n) is 9.66. The van der Waals surface area contributed by atoms with Crippen molar-refractivity contribution in [2.24, 2.45) is 0 Å². The van der Waals surface area contributed by atoms with E-state index in [0.29, 0.717) is 11.5 Å². The molecule has 0 aromatic rings. The van der Waals surface area contributed by atoms with Gasteiger partial charge in [0.05, 0.1) is 0 Å². The van der Waals surface area contributed by atoms with Crippen molar-refractivity contribution >= 4 is 32.8 Å². The number of rotatable bonds is 6. The summed E-state index contributed by atoms with van der Waals surface area (Å²) in [6.45, 7) is 3.47. The maximum absolute atomic E-state index is 11.4. The molecular weight excluding hydrogens is 288 g/mol. The lowest BCUT2D eigenvalue weighted by atomic mass is 10.3. The van der Waals surface area contributed by atoms with Gasteiger partial charge in [-0.1, -0.05) is 22.4 Å². The third-order valence-electron chi connectivity index (χ3n) is 2.24. The van der Waals surface area contributed by atoms with Gasteiger partial charge in [-0.05, 0) is 13.8 Å². The normalized spacial score (nSPS) is 31.3. The van der Waals surface area contributed by atoms with Gasteiger partial charge in [-0.15, -0.1) is 0 Å². The van der Waals surface area contributed by atoms with E-state index in [1.807, 2.05) is 0 Å². The van der Waals surface area contributed by atoms with Crippen LogP contribution in [0.5, 0.6) is 0 Å². The summed E-state index contributed by atoms with van der Waals surface area (Å²) >= 11 is -2.31. The summed E-state index contributed by atoms with van der Waals surface area (Å²) in [5.41, 5.74) is 0. The van der Waals surface area contributed by atoms with Crippen molar-refractivity contribution in [1.82, 2.24) is 0 Å². The molecule has 0 spiro atoms. The summed E-state index contributed by atoms with van der Waals surface area (Å²) in [5.74, 6) is 1.01. The fourth-order valence-electron chi connectivity index (χ4n) is 1.32. The molecule has 9 heteroatoms. The van der Waals surface area contributed by atoms with Crippen LogP contribution < -0.4 is 0 Å². The van der Waals surface area contributed by atoms with Gasteiger partial charge in [-0.25, -0.2) is 8.37 Å². The molecule has 6 nitrogen and oxygen atoms in total. The second-order valence-corrected chi connectivity index (χ2v) is 8.25. The van der Waals surface area contributed by atoms with Crippen molar-refractivity contribution in [2.75, 3.05) is 23.0 Å². The van der Waals surface area contributed by atoms with Crippen LogP contribution in [0.3, 0.4) is 0 Å². The van der Waals surface area contributed by atoms with E-state index in [1.54, 1.807) is 13.8 Å². The van der Waals surface area contributed by atoms with Crippen LogP contribution in [0.15, 0.2) is 0 Å². The fraction of sp³-hybridized carbons (Fsp3) is 1.00. The summed E-state index contributed by atoms with van der Waals surface area (Å²) in [4.78, 5) is 0. The first kappa shape index (κ1) is 15.5. The van der Waals surface area contributed by atoms with Gasteiger partial charge in [-0.2, -0.15) is 8.42 Å². The Bertz CT molecular complexity index is 306. The van der Waals surface area contributed by atoms with Crippen LogP contribution in [0.25, 0.3) is 0 Å². The van der Waals surface area contributed by atoms with E-state index < -0.39 is 45.0 Å². The van der Waals surface area contributed by atoms with Crippen molar-refractivity contribution in [2.45, 2.75) is 26.1 Å². The minimum Gasteiger partial charge on any atom is -0.616 e. The number of hydrogen-bond donors (Lipinski definition) is 0. The zero-order valence-corrected chi connectivity index (χ0v) is 12.1. The molecule has 0 N–H and O–H groups in total. The van der Waals surface area contributed by atoms with Crippen LogP contribution >= 0.6 is 0 Å². The van der Waals surface area contributed by atoms with Gasteiger partial charge in [0.2, 0.25) is 0 Å². The first-order valence-corrected chi connectivity index (χ1v) is 9.50. The van der Waals surface area contributed by atoms with Gasteiger partial charge < -0.3 is 9.11 Å². The Labute approximate surface area is 108 Å². The van der Waals surface area contributed by atoms with E-state index in [0.717, 1.165) is 0 Å². The third-order valence-corrected chi connectivity index (χ3v) is 5.90. The van der Waals surface area contributed by atoms with Gasteiger partial charge >= 0.3 is 10.4 Å². The fourth-order valence-corrected chi connectivity index (χ4v) is 4.30. The van der Waals surface area contributed by atoms with Gasteiger partial charge in [0.25, 0.3) is 0 Å². The van der Waals surface area contributed by atoms with Crippen LogP contribution in [-0.4, -0.2) is 52.7 Å². The largest absolute Gasteiger partial charge is 0.616 e. The predicted molar refractivity (Wildman–Crippen MR) is 65.8 cm³/mol. The Kier molecular flexibility index (Phi) is 6.03. The zero-order chi connectivity index (χ0) is 13.1. The SMILES string of the molecule is CC[S+]([O-])CC1OS(=O)(=O)OC1C[S+]([O-])CC. The molecule has 1 aliphatic rings. The standard InChI is InChI=1S/C8H16O6S3/c1-3-15(9)5-7-8(6-16(10)4-2)14-17(11,12)13-7/h7-8H,3-6H2,1-2H3. The van der Waals surface area contributed by atoms with Gasteiger partial charge in [0.1, 0.15) is 23.0 Å². The van der Waals surface area contributed by atoms with Gasteiger partial charge in [0, 0.05) is 0 Å². The first-order valence-electron chi connectivity index (χ1n) is 5.19. The molecular formula is C8H16O6S3. The Morgan fingerprint density at radius 1 is 1.00 bits per heavy atom. The Morgan fingerprint density at radius 2 is 1.35 bits per heavy atom. The second-order valence-electron chi connectivity index (χ2n) is 3.47. The first-order chi connectivity index (χ1) is 7.88. The van der Waals surface area contributed by atoms with E-state index in [2.05, 4.69) is 0 Å². The predicted octanol–water partition coefficient (Wildman–Crippen LogP) is -0.448. The lowest BCUT2D eigenvalue weighted by Gasteiger charge is -2.17. The van der Waals surface area contributed by atoms with Crippen LogP contribution in [0.4, 0.5) is 0 Å². The molecule has 0 aromatic carbocycles. The van der Waals surface area contributed by atoms with Crippen molar-refractivity contribution in [3.63, 3.8) is 0 Å². The van der Waals surface area contributed by atoms with Crippen LogP contribution in [0, 0.1) is 0 Å². The molecule has 1 fully saturated rings. The molecule has 1 aliphatic heterocycles. The summed E-state index contributed by atoms with van der Waals surface area (Å²) in [6.07, 6.45) is -1.59. The topological polar surface area (TPSA) is 98.7 Å². The van der Waals surface area contributed by atoms with Gasteiger partial charge in [-0.3, -0.25) is 0 Å². The highest BCUT2D eigenvalue weighted by Crippen LogP contribution is 2.23. The molecule has 1 heterocycles. The summed E-state index contributed by atoms with van der Waals surface area (Å²) < 4.78 is 54.5. The lowest BCUT2D eigenvalue weighted by molar-refractivity contribution is 0.191. The van der Waals surface area contributed by atoms with Crippen LogP contribution in [-0.2, 0) is 41.1 Å². The lowest BCUT2D eigenvalue weighted by Crippen LogP contribution is -2.36. The second kappa shape index (κ2) is 6.60. The average Bonchev–Trinajstić information content (AvgIpc) is 2.52. The molecule has 0 aliphatic carbocycles. The molecule has 0 amide bonds. The summed E-state index contributed by atoms with van der Waals surface area (Å²) in [6, 6.07) is 0. The quantitative estimate of drug-likeness (QED) is 0.616. The molecule has 1 saturated heterocycles. The minimum atomic E-state index is -4.02. The molecule has 0 saturated carbocycles. The molecule has 1 rings (SSSR count). The highest BCUT2D eigenvalue weighted by molar-refractivity contribution is 7.91. The summed E-state index contributed by atoms with van der Waals surface area (Å²) in [7, 11) is -4.02. The Balaban J connectivity index is 2.64. The number of hydrogen-bond acceptors (Lipinski definition) is 6. The van der Waals surface area contributed by atoms with Crippen LogP contribution in [0.2, 0.25) is 0 Å². The van der Waals surface area contributed by atoms with Crippen molar-refractivity contribution < 1.29 is 25.9 Å². The molecule has 17 heavy (non-hydrogen) atoms. The summed E-state index contributed by atoms with van der Waals surface area (Å²) in [5, 5.41) is 0. The van der Waals surface area contributed by atoms with Crippen molar-refractivity contribution in [3.05, 3.63) is 0 Å². The smallest absolute Gasteiger partial charge is 0.400 e. The molecule has 4 unspecified atom stereocenters. The Hall–Kier alpha value is 0.490. The molecule has 4 atom stereocenters. The third kappa shape index (κ3) is 4.93. The van der Waals surface area contributed by atoms with Crippen molar-refractivity contribution in [1.29, 1.82) is 0 Å². The average molecular weight is 304 g/mol. The maximum atomic E-state index is 11.4.